The summed E-state index contributed by atoms with van der Waals surface area (Å²) in [5.41, 5.74) is 1.69. The maximum atomic E-state index is 11.4. The third kappa shape index (κ3) is 2.93. The van der Waals surface area contributed by atoms with Gasteiger partial charge >= 0.3 is 5.69 Å². The molecule has 1 saturated heterocycles. The van der Waals surface area contributed by atoms with Gasteiger partial charge < -0.3 is 4.90 Å². The molecular weight excluding hydrogens is 304 g/mol. The molecule has 1 aliphatic heterocycles. The van der Waals surface area contributed by atoms with Crippen LogP contribution in [-0.2, 0) is 0 Å². The Balaban J connectivity index is 2.00. The number of pyridine rings is 1. The highest BCUT2D eigenvalue weighted by atomic mass is 16.6. The van der Waals surface area contributed by atoms with E-state index in [1.807, 2.05) is 35.2 Å². The lowest BCUT2D eigenvalue weighted by molar-refractivity contribution is -0.384. The van der Waals surface area contributed by atoms with Gasteiger partial charge in [-0.1, -0.05) is 30.3 Å². The summed E-state index contributed by atoms with van der Waals surface area (Å²) in [6.07, 6.45) is 3.35. The summed E-state index contributed by atoms with van der Waals surface area (Å²) in [6.45, 7) is 2.46. The van der Waals surface area contributed by atoms with Gasteiger partial charge in [-0.25, -0.2) is 4.98 Å². The summed E-state index contributed by atoms with van der Waals surface area (Å²) in [5.74, 6) is 0.0284. The molecule has 2 heterocycles. The lowest BCUT2D eigenvalue weighted by Crippen LogP contribution is -2.35. The average molecular weight is 322 g/mol. The minimum absolute atomic E-state index is 0.00616. The maximum Gasteiger partial charge on any atom is 0.311 e. The Morgan fingerprint density at radius 1 is 1.42 bits per heavy atom. The van der Waals surface area contributed by atoms with E-state index in [1.165, 1.54) is 0 Å². The fourth-order valence-electron chi connectivity index (χ4n) is 3.35. The quantitative estimate of drug-likeness (QED) is 0.634. The molecule has 6 nitrogen and oxygen atoms in total. The van der Waals surface area contributed by atoms with Gasteiger partial charge in [0, 0.05) is 18.8 Å². The van der Waals surface area contributed by atoms with Gasteiger partial charge in [-0.15, -0.1) is 0 Å². The van der Waals surface area contributed by atoms with Crippen LogP contribution in [0.5, 0.6) is 0 Å². The first-order valence-electron chi connectivity index (χ1n) is 7.94. The molecule has 2 atom stereocenters. The second-order valence-corrected chi connectivity index (χ2v) is 6.03. The van der Waals surface area contributed by atoms with Gasteiger partial charge in [0.25, 0.3) is 0 Å². The monoisotopic (exact) mass is 322 g/mol. The van der Waals surface area contributed by atoms with Crippen molar-refractivity contribution in [1.82, 2.24) is 4.98 Å². The van der Waals surface area contributed by atoms with Crippen LogP contribution in [0.2, 0.25) is 0 Å². The van der Waals surface area contributed by atoms with Gasteiger partial charge in [-0.05, 0) is 30.9 Å². The van der Waals surface area contributed by atoms with Gasteiger partial charge in [-0.3, -0.25) is 10.1 Å². The minimum atomic E-state index is -0.394. The van der Waals surface area contributed by atoms with Crippen molar-refractivity contribution in [2.24, 2.45) is 0 Å². The lowest BCUT2D eigenvalue weighted by atomic mass is 9.91. The number of aromatic nitrogens is 1. The van der Waals surface area contributed by atoms with Gasteiger partial charge in [0.15, 0.2) is 0 Å². The largest absolute Gasteiger partial charge is 0.346 e. The van der Waals surface area contributed by atoms with Crippen LogP contribution in [0.15, 0.2) is 42.6 Å². The Morgan fingerprint density at radius 3 is 2.83 bits per heavy atom. The topological polar surface area (TPSA) is 83.1 Å². The highest BCUT2D eigenvalue weighted by Crippen LogP contribution is 2.37. The van der Waals surface area contributed by atoms with Crippen LogP contribution in [0.1, 0.15) is 29.9 Å². The molecule has 0 amide bonds. The predicted molar refractivity (Wildman–Crippen MR) is 90.8 cm³/mol. The molecule has 1 aliphatic rings. The zero-order valence-electron chi connectivity index (χ0n) is 13.4. The van der Waals surface area contributed by atoms with Crippen molar-refractivity contribution >= 4 is 11.5 Å². The first-order valence-corrected chi connectivity index (χ1v) is 7.94. The summed E-state index contributed by atoms with van der Waals surface area (Å²) in [7, 11) is 0. The van der Waals surface area contributed by atoms with E-state index < -0.39 is 4.92 Å². The fraction of sp³-hybridized carbons (Fsp3) is 0.333. The zero-order valence-corrected chi connectivity index (χ0v) is 13.4. The van der Waals surface area contributed by atoms with Gasteiger partial charge in [0.05, 0.1) is 23.0 Å². The summed E-state index contributed by atoms with van der Waals surface area (Å²) >= 11 is 0. The van der Waals surface area contributed by atoms with E-state index in [2.05, 4.69) is 11.1 Å². The molecule has 1 aromatic carbocycles. The number of nitrogens with zero attached hydrogens (tertiary/aromatic N) is 4. The van der Waals surface area contributed by atoms with Crippen molar-refractivity contribution in [3.8, 4) is 6.07 Å². The Bertz CT molecular complexity index is 785. The third-order valence-corrected chi connectivity index (χ3v) is 4.43. The summed E-state index contributed by atoms with van der Waals surface area (Å²) in [4.78, 5) is 17.3. The molecule has 2 aromatic rings. The highest BCUT2D eigenvalue weighted by molar-refractivity contribution is 5.60. The first kappa shape index (κ1) is 15.9. The molecule has 0 saturated carbocycles. The number of aryl methyl sites for hydroxylation is 1. The van der Waals surface area contributed by atoms with Gasteiger partial charge in [-0.2, -0.15) is 5.26 Å². The van der Waals surface area contributed by atoms with Gasteiger partial charge in [0.2, 0.25) is 5.82 Å². The average Bonchev–Trinajstić information content (AvgIpc) is 3.05. The molecule has 0 aliphatic carbocycles. The van der Waals surface area contributed by atoms with Crippen LogP contribution >= 0.6 is 0 Å². The molecule has 1 aromatic heterocycles. The van der Waals surface area contributed by atoms with E-state index in [4.69, 9.17) is 0 Å². The van der Waals surface area contributed by atoms with Crippen molar-refractivity contribution in [3.05, 3.63) is 63.8 Å². The minimum Gasteiger partial charge on any atom is -0.346 e. The number of nitriles is 1. The molecular formula is C18H18N4O2. The fourth-order valence-corrected chi connectivity index (χ4v) is 3.35. The Hall–Kier alpha value is -2.94. The molecule has 1 fully saturated rings. The maximum absolute atomic E-state index is 11.4. The predicted octanol–water partition coefficient (Wildman–Crippen LogP) is 3.57. The number of nitro groups is 1. The van der Waals surface area contributed by atoms with Gasteiger partial charge in [0.1, 0.15) is 0 Å². The standard InChI is InChI=1S/C18H18N4O2/c1-13-10-17(22(23)24)18(20-12-13)21-9-5-8-16(21)15(11-19)14-6-3-2-4-7-14/h2-4,6-7,10,12,15-16H,5,8-9H2,1H3. The van der Waals surface area contributed by atoms with Crippen molar-refractivity contribution in [1.29, 1.82) is 5.26 Å². The van der Waals surface area contributed by atoms with Crippen molar-refractivity contribution in [2.45, 2.75) is 31.7 Å². The Labute approximate surface area is 140 Å². The number of benzene rings is 1. The molecule has 24 heavy (non-hydrogen) atoms. The van der Waals surface area contributed by atoms with E-state index in [0.717, 1.165) is 24.0 Å². The smallest absolute Gasteiger partial charge is 0.311 e. The Morgan fingerprint density at radius 2 is 2.17 bits per heavy atom. The molecule has 122 valence electrons. The van der Waals surface area contributed by atoms with Crippen LogP contribution in [-0.4, -0.2) is 22.5 Å². The SMILES string of the molecule is Cc1cnc(N2CCCC2C(C#N)c2ccccc2)c([N+](=O)[O-])c1. The van der Waals surface area contributed by atoms with Crippen LogP contribution < -0.4 is 4.90 Å². The zero-order chi connectivity index (χ0) is 17.1. The lowest BCUT2D eigenvalue weighted by Gasteiger charge is -2.29. The van der Waals surface area contributed by atoms with Crippen LogP contribution in [0.3, 0.4) is 0 Å². The van der Waals surface area contributed by atoms with E-state index in [9.17, 15) is 15.4 Å². The molecule has 0 bridgehead atoms. The number of hydrogen-bond acceptors (Lipinski definition) is 5. The third-order valence-electron chi connectivity index (χ3n) is 4.43. The van der Waals surface area contributed by atoms with E-state index in [0.29, 0.717) is 12.4 Å². The van der Waals surface area contributed by atoms with E-state index in [1.54, 1.807) is 19.2 Å². The second-order valence-electron chi connectivity index (χ2n) is 6.03. The van der Waals surface area contributed by atoms with Crippen LogP contribution in [0, 0.1) is 28.4 Å². The van der Waals surface area contributed by atoms with Crippen LogP contribution in [0.4, 0.5) is 11.5 Å². The molecule has 6 heteroatoms. The van der Waals surface area contributed by atoms with E-state index in [-0.39, 0.29) is 17.6 Å². The second kappa shape index (κ2) is 6.67. The number of anilines is 1. The molecule has 3 rings (SSSR count). The summed E-state index contributed by atoms with van der Waals surface area (Å²) < 4.78 is 0. The molecule has 2 unspecified atom stereocenters. The van der Waals surface area contributed by atoms with Crippen molar-refractivity contribution < 1.29 is 4.92 Å². The van der Waals surface area contributed by atoms with Crippen molar-refractivity contribution in [3.63, 3.8) is 0 Å². The summed E-state index contributed by atoms with van der Waals surface area (Å²) in [6, 6.07) is 13.4. The molecule has 0 radical (unpaired) electrons. The van der Waals surface area contributed by atoms with E-state index >= 15 is 0 Å². The highest BCUT2D eigenvalue weighted by Gasteiger charge is 2.36. The summed E-state index contributed by atoms with van der Waals surface area (Å²) in [5, 5.41) is 21.1. The van der Waals surface area contributed by atoms with Crippen molar-refractivity contribution in [2.75, 3.05) is 11.4 Å². The Kier molecular flexibility index (Phi) is 4.43. The normalized spacial score (nSPS) is 18.2. The molecule has 0 spiro atoms. The first-order chi connectivity index (χ1) is 11.6. The molecule has 0 N–H and O–H groups in total. The number of hydrogen-bond donors (Lipinski definition) is 0. The van der Waals surface area contributed by atoms with Crippen LogP contribution in [0.25, 0.3) is 0 Å². The number of rotatable bonds is 4.